The summed E-state index contributed by atoms with van der Waals surface area (Å²) in [6.45, 7) is 1.86. The Bertz CT molecular complexity index is 1830. The van der Waals surface area contributed by atoms with Crippen molar-refractivity contribution in [3.63, 3.8) is 0 Å². The molecule has 2 unspecified atom stereocenters. The molecule has 0 aromatic heterocycles. The Balaban J connectivity index is 1.32. The Morgan fingerprint density at radius 3 is 1.45 bits per heavy atom. The molecule has 1 amide bonds. The van der Waals surface area contributed by atoms with Crippen LogP contribution in [0.2, 0.25) is 0 Å². The molecule has 0 N–H and O–H groups in total. The Labute approximate surface area is 257 Å². The van der Waals surface area contributed by atoms with E-state index in [0.29, 0.717) is 22.3 Å². The molecule has 0 saturated carbocycles. The Morgan fingerprint density at radius 1 is 0.614 bits per heavy atom. The molecule has 44 heavy (non-hydrogen) atoms. The maximum Gasteiger partial charge on any atom is 0.338 e. The van der Waals surface area contributed by atoms with E-state index in [2.05, 4.69) is 12.1 Å². The molecule has 5 aromatic carbocycles. The minimum atomic E-state index is -0.714. The van der Waals surface area contributed by atoms with Crippen molar-refractivity contribution in [3.05, 3.63) is 155 Å². The summed E-state index contributed by atoms with van der Waals surface area (Å²) in [6.07, 6.45) is -0.714. The molecule has 0 fully saturated rings. The maximum absolute atomic E-state index is 13.6. The lowest BCUT2D eigenvalue weighted by Gasteiger charge is -2.32. The lowest BCUT2D eigenvalue weighted by Crippen LogP contribution is -2.40. The van der Waals surface area contributed by atoms with Crippen molar-refractivity contribution in [2.75, 3.05) is 7.05 Å². The zero-order valence-electron chi connectivity index (χ0n) is 24.3. The Hall–Kier alpha value is -5.98. The number of esters is 1. The van der Waals surface area contributed by atoms with Crippen LogP contribution < -0.4 is 0 Å². The quantitative estimate of drug-likeness (QED) is 0.176. The zero-order valence-corrected chi connectivity index (χ0v) is 24.3. The highest BCUT2D eigenvalue weighted by molar-refractivity contribution is 5.95. The first-order chi connectivity index (χ1) is 21.4. The fourth-order valence-corrected chi connectivity index (χ4v) is 4.94. The smallest absolute Gasteiger partial charge is 0.338 e. The van der Waals surface area contributed by atoms with Crippen LogP contribution in [-0.2, 0) is 4.74 Å². The van der Waals surface area contributed by atoms with Gasteiger partial charge in [-0.2, -0.15) is 10.5 Å². The van der Waals surface area contributed by atoms with Gasteiger partial charge < -0.3 is 9.64 Å². The number of rotatable bonds is 8. The van der Waals surface area contributed by atoms with Gasteiger partial charge in [-0.05, 0) is 83.3 Å². The Kier molecular flexibility index (Phi) is 8.94. The number of benzene rings is 5. The first-order valence-corrected chi connectivity index (χ1v) is 14.1. The molecule has 0 bridgehead atoms. The molecule has 6 heteroatoms. The number of likely N-dealkylation sites (N-methyl/N-ethyl adjacent to an activating group) is 1. The average molecular weight is 576 g/mol. The number of carbonyl (C=O) groups excluding carboxylic acids is 2. The van der Waals surface area contributed by atoms with E-state index in [1.165, 1.54) is 0 Å². The van der Waals surface area contributed by atoms with Crippen LogP contribution >= 0.6 is 0 Å². The van der Waals surface area contributed by atoms with Crippen molar-refractivity contribution in [1.29, 1.82) is 10.5 Å². The number of ether oxygens (including phenoxy) is 1. The number of nitriles is 2. The summed E-state index contributed by atoms with van der Waals surface area (Å²) in [5, 5.41) is 18.1. The van der Waals surface area contributed by atoms with E-state index in [1.807, 2.05) is 85.8 Å². The third kappa shape index (κ3) is 6.57. The van der Waals surface area contributed by atoms with E-state index >= 15 is 0 Å². The van der Waals surface area contributed by atoms with Gasteiger partial charge in [0.1, 0.15) is 6.10 Å². The van der Waals surface area contributed by atoms with E-state index in [1.54, 1.807) is 60.5 Å². The Morgan fingerprint density at radius 2 is 1.02 bits per heavy atom. The zero-order chi connectivity index (χ0) is 31.1. The second-order valence-corrected chi connectivity index (χ2v) is 10.4. The van der Waals surface area contributed by atoms with Crippen LogP contribution in [0.3, 0.4) is 0 Å². The molecule has 2 atom stereocenters. The minimum Gasteiger partial charge on any atom is -0.452 e. The predicted molar refractivity (Wildman–Crippen MR) is 169 cm³/mol. The molecular weight excluding hydrogens is 546 g/mol. The fraction of sp³-hybridized carbons (Fsp3) is 0.105. The molecule has 5 rings (SSSR count). The standard InChI is InChI=1S/C38H29N3O3/c1-26(41(2)37(42)34-20-16-31(17-21-34)29-12-8-27(24-39)9-13-29)36(33-6-4-3-5-7-33)44-38(43)35-22-18-32(19-23-35)30-14-10-28(25-40)11-15-30/h3-23,26,36H,1-2H3. The highest BCUT2D eigenvalue weighted by atomic mass is 16.5. The molecule has 5 aromatic rings. The molecule has 0 spiro atoms. The number of hydrogen-bond acceptors (Lipinski definition) is 5. The van der Waals surface area contributed by atoms with Gasteiger partial charge >= 0.3 is 5.97 Å². The highest BCUT2D eigenvalue weighted by Crippen LogP contribution is 2.28. The molecule has 214 valence electrons. The lowest BCUT2D eigenvalue weighted by atomic mass is 10.00. The minimum absolute atomic E-state index is 0.201. The van der Waals surface area contributed by atoms with Gasteiger partial charge in [0, 0.05) is 12.6 Å². The van der Waals surface area contributed by atoms with Crippen molar-refractivity contribution < 1.29 is 14.3 Å². The molecule has 0 radical (unpaired) electrons. The van der Waals surface area contributed by atoms with Crippen molar-refractivity contribution in [2.24, 2.45) is 0 Å². The summed E-state index contributed by atoms with van der Waals surface area (Å²) >= 11 is 0. The van der Waals surface area contributed by atoms with Gasteiger partial charge in [-0.3, -0.25) is 4.79 Å². The average Bonchev–Trinajstić information content (AvgIpc) is 3.10. The summed E-state index contributed by atoms with van der Waals surface area (Å²) in [6, 6.07) is 42.1. The molecule has 0 saturated heterocycles. The van der Waals surface area contributed by atoms with E-state index in [9.17, 15) is 9.59 Å². The van der Waals surface area contributed by atoms with Crippen LogP contribution in [-0.4, -0.2) is 29.9 Å². The van der Waals surface area contributed by atoms with Crippen molar-refractivity contribution in [3.8, 4) is 34.4 Å². The lowest BCUT2D eigenvalue weighted by molar-refractivity contribution is 0.00566. The molecule has 0 aliphatic heterocycles. The summed E-state index contributed by atoms with van der Waals surface area (Å²) in [7, 11) is 1.71. The van der Waals surface area contributed by atoms with Gasteiger partial charge in [0.25, 0.3) is 5.91 Å². The van der Waals surface area contributed by atoms with Gasteiger partial charge in [-0.15, -0.1) is 0 Å². The van der Waals surface area contributed by atoms with Crippen LogP contribution in [0.25, 0.3) is 22.3 Å². The van der Waals surface area contributed by atoms with Crippen LogP contribution in [0.15, 0.2) is 127 Å². The maximum atomic E-state index is 13.6. The largest absolute Gasteiger partial charge is 0.452 e. The number of amides is 1. The van der Waals surface area contributed by atoms with Gasteiger partial charge in [-0.1, -0.05) is 78.9 Å². The third-order valence-corrected chi connectivity index (χ3v) is 7.68. The molecular formula is C38H29N3O3. The molecule has 0 aliphatic carbocycles. The van der Waals surface area contributed by atoms with E-state index in [-0.39, 0.29) is 5.91 Å². The number of hydrogen-bond donors (Lipinski definition) is 0. The normalized spacial score (nSPS) is 11.8. The summed E-state index contributed by atoms with van der Waals surface area (Å²) < 4.78 is 6.07. The van der Waals surface area contributed by atoms with Crippen LogP contribution in [0.1, 0.15) is 50.4 Å². The first-order valence-electron chi connectivity index (χ1n) is 14.1. The summed E-state index contributed by atoms with van der Waals surface area (Å²) in [5.41, 5.74) is 6.58. The number of carbonyl (C=O) groups is 2. The SMILES string of the molecule is CC(C(OC(=O)c1ccc(-c2ccc(C#N)cc2)cc1)c1ccccc1)N(C)C(=O)c1ccc(-c2ccc(C#N)cc2)cc1. The third-order valence-electron chi connectivity index (χ3n) is 7.68. The summed E-state index contributed by atoms with van der Waals surface area (Å²) in [4.78, 5) is 28.5. The van der Waals surface area contributed by atoms with Gasteiger partial charge in [0.2, 0.25) is 0 Å². The van der Waals surface area contributed by atoms with Crippen molar-refractivity contribution >= 4 is 11.9 Å². The topological polar surface area (TPSA) is 94.2 Å². The predicted octanol–water partition coefficient (Wildman–Crippen LogP) is 7.82. The van der Waals surface area contributed by atoms with Crippen molar-refractivity contribution in [2.45, 2.75) is 19.1 Å². The van der Waals surface area contributed by atoms with Crippen LogP contribution in [0.4, 0.5) is 0 Å². The second-order valence-electron chi connectivity index (χ2n) is 10.4. The van der Waals surface area contributed by atoms with E-state index in [4.69, 9.17) is 15.3 Å². The highest BCUT2D eigenvalue weighted by Gasteiger charge is 2.30. The molecule has 6 nitrogen and oxygen atoms in total. The first kappa shape index (κ1) is 29.5. The van der Waals surface area contributed by atoms with Gasteiger partial charge in [-0.25, -0.2) is 4.79 Å². The summed E-state index contributed by atoms with van der Waals surface area (Å²) in [5.74, 6) is -0.697. The monoisotopic (exact) mass is 575 g/mol. The van der Waals surface area contributed by atoms with Crippen LogP contribution in [0, 0.1) is 22.7 Å². The number of nitrogens with zero attached hydrogens (tertiary/aromatic N) is 3. The second kappa shape index (κ2) is 13.3. The van der Waals surface area contributed by atoms with Gasteiger partial charge in [0.05, 0.1) is 34.9 Å². The van der Waals surface area contributed by atoms with Crippen LogP contribution in [0.5, 0.6) is 0 Å². The molecule has 0 heterocycles. The van der Waals surface area contributed by atoms with E-state index < -0.39 is 18.1 Å². The van der Waals surface area contributed by atoms with E-state index in [0.717, 1.165) is 27.8 Å². The fourth-order valence-electron chi connectivity index (χ4n) is 4.94. The van der Waals surface area contributed by atoms with Gasteiger partial charge in [0.15, 0.2) is 0 Å². The van der Waals surface area contributed by atoms with Crippen molar-refractivity contribution in [1.82, 2.24) is 4.90 Å². The molecule has 0 aliphatic rings.